The lowest BCUT2D eigenvalue weighted by molar-refractivity contribution is -0.384. The Morgan fingerprint density at radius 3 is 2.81 bits per heavy atom. The van der Waals surface area contributed by atoms with Gasteiger partial charge in [-0.1, -0.05) is 12.1 Å². The summed E-state index contributed by atoms with van der Waals surface area (Å²) in [5.41, 5.74) is 1.52. The smallest absolute Gasteiger partial charge is 0.269 e. The summed E-state index contributed by atoms with van der Waals surface area (Å²) >= 11 is 5.24. The van der Waals surface area contributed by atoms with Crippen LogP contribution in [-0.2, 0) is 0 Å². The van der Waals surface area contributed by atoms with Crippen molar-refractivity contribution in [3.63, 3.8) is 0 Å². The second kappa shape index (κ2) is 7.70. The highest BCUT2D eigenvalue weighted by Gasteiger charge is 2.09. The number of nitrogens with zero attached hydrogens (tertiary/aromatic N) is 4. The van der Waals surface area contributed by atoms with Gasteiger partial charge in [0, 0.05) is 17.7 Å². The molecule has 132 valence electrons. The quantitative estimate of drug-likeness (QED) is 0.308. The van der Waals surface area contributed by atoms with Crippen LogP contribution >= 0.6 is 12.2 Å². The number of benzene rings is 2. The van der Waals surface area contributed by atoms with Crippen molar-refractivity contribution in [1.82, 2.24) is 14.9 Å². The Morgan fingerprint density at radius 1 is 1.35 bits per heavy atom. The fourth-order valence-corrected chi connectivity index (χ4v) is 2.46. The minimum Gasteiger partial charge on any atom is -0.494 e. The number of hydrogen-bond donors (Lipinski definition) is 1. The van der Waals surface area contributed by atoms with Gasteiger partial charge in [-0.05, 0) is 49.0 Å². The van der Waals surface area contributed by atoms with E-state index < -0.39 is 4.92 Å². The van der Waals surface area contributed by atoms with E-state index in [0.717, 1.165) is 11.3 Å². The summed E-state index contributed by atoms with van der Waals surface area (Å²) in [6.45, 7) is 2.48. The largest absolute Gasteiger partial charge is 0.494 e. The molecule has 1 N–H and O–H groups in total. The van der Waals surface area contributed by atoms with Crippen molar-refractivity contribution >= 4 is 24.1 Å². The maximum absolute atomic E-state index is 10.7. The Kier molecular flexibility index (Phi) is 5.18. The van der Waals surface area contributed by atoms with Crippen LogP contribution in [-0.4, -0.2) is 32.6 Å². The van der Waals surface area contributed by atoms with Gasteiger partial charge in [0.15, 0.2) is 5.82 Å². The molecule has 0 atom stereocenters. The molecule has 0 spiro atoms. The standard InChI is InChI=1S/C17H15N5O3S/c1-2-25-15-5-3-4-13(10-15)16-19-20-17(26)21(16)18-11-12-6-8-14(9-7-12)22(23)24/h3-11H,2H2,1H3,(H,20,26). The number of hydrogen-bond acceptors (Lipinski definition) is 6. The van der Waals surface area contributed by atoms with Crippen LogP contribution in [0.5, 0.6) is 5.75 Å². The van der Waals surface area contributed by atoms with Crippen molar-refractivity contribution in [3.05, 3.63) is 69.0 Å². The molecule has 0 bridgehead atoms. The number of H-pyrrole nitrogens is 1. The normalized spacial score (nSPS) is 11.0. The molecule has 0 radical (unpaired) electrons. The molecule has 9 heteroatoms. The lowest BCUT2D eigenvalue weighted by atomic mass is 10.2. The van der Waals surface area contributed by atoms with Crippen molar-refractivity contribution < 1.29 is 9.66 Å². The van der Waals surface area contributed by atoms with E-state index in [4.69, 9.17) is 17.0 Å². The molecule has 3 aromatic rings. The predicted octanol–water partition coefficient (Wildman–Crippen LogP) is 3.80. The molecule has 0 fully saturated rings. The van der Waals surface area contributed by atoms with Crippen LogP contribution in [0.4, 0.5) is 5.69 Å². The van der Waals surface area contributed by atoms with Crippen LogP contribution in [0.25, 0.3) is 11.4 Å². The highest BCUT2D eigenvalue weighted by atomic mass is 32.1. The molecule has 3 rings (SSSR count). The lowest BCUT2D eigenvalue weighted by Gasteiger charge is -2.05. The zero-order chi connectivity index (χ0) is 18.5. The third-order valence-corrected chi connectivity index (χ3v) is 3.74. The fourth-order valence-electron chi connectivity index (χ4n) is 2.28. The summed E-state index contributed by atoms with van der Waals surface area (Å²) < 4.78 is 7.33. The molecule has 26 heavy (non-hydrogen) atoms. The number of ether oxygens (including phenoxy) is 1. The zero-order valence-corrected chi connectivity index (χ0v) is 14.6. The van der Waals surface area contributed by atoms with Gasteiger partial charge in [0.2, 0.25) is 4.77 Å². The maximum Gasteiger partial charge on any atom is 0.269 e. The van der Waals surface area contributed by atoms with Crippen LogP contribution in [0.3, 0.4) is 0 Å². The number of nitro groups is 1. The topological polar surface area (TPSA) is 98.3 Å². The molecule has 1 heterocycles. The van der Waals surface area contributed by atoms with Crippen LogP contribution < -0.4 is 4.74 Å². The molecule has 0 aliphatic rings. The van der Waals surface area contributed by atoms with Crippen LogP contribution in [0.1, 0.15) is 12.5 Å². The lowest BCUT2D eigenvalue weighted by Crippen LogP contribution is -1.96. The number of nitrogens with one attached hydrogen (secondary N) is 1. The molecule has 8 nitrogen and oxygen atoms in total. The molecule has 0 aliphatic heterocycles. The van der Waals surface area contributed by atoms with Crippen molar-refractivity contribution in [2.45, 2.75) is 6.92 Å². The Balaban J connectivity index is 1.92. The highest BCUT2D eigenvalue weighted by Crippen LogP contribution is 2.22. The van der Waals surface area contributed by atoms with Crippen LogP contribution in [0, 0.1) is 14.9 Å². The van der Waals surface area contributed by atoms with Crippen LogP contribution in [0.15, 0.2) is 53.6 Å². The molecule has 2 aromatic carbocycles. The van der Waals surface area contributed by atoms with Crippen molar-refractivity contribution in [3.8, 4) is 17.1 Å². The fraction of sp³-hybridized carbons (Fsp3) is 0.118. The van der Waals surface area contributed by atoms with Gasteiger partial charge in [-0.2, -0.15) is 14.9 Å². The van der Waals surface area contributed by atoms with Gasteiger partial charge < -0.3 is 4.74 Å². The first-order chi connectivity index (χ1) is 12.6. The highest BCUT2D eigenvalue weighted by molar-refractivity contribution is 7.71. The first-order valence-electron chi connectivity index (χ1n) is 7.78. The van der Waals surface area contributed by atoms with Crippen LogP contribution in [0.2, 0.25) is 0 Å². The second-order valence-electron chi connectivity index (χ2n) is 5.22. The van der Waals surface area contributed by atoms with Gasteiger partial charge in [0.25, 0.3) is 5.69 Å². The van der Waals surface area contributed by atoms with Gasteiger partial charge in [-0.3, -0.25) is 10.1 Å². The summed E-state index contributed by atoms with van der Waals surface area (Å²) in [4.78, 5) is 10.3. The van der Waals surface area contributed by atoms with E-state index >= 15 is 0 Å². The Bertz CT molecular complexity index is 1010. The summed E-state index contributed by atoms with van der Waals surface area (Å²) in [6, 6.07) is 13.5. The minimum absolute atomic E-state index is 0.0236. The first kappa shape index (κ1) is 17.5. The van der Waals surface area contributed by atoms with E-state index in [1.807, 2.05) is 31.2 Å². The maximum atomic E-state index is 10.7. The zero-order valence-electron chi connectivity index (χ0n) is 13.8. The summed E-state index contributed by atoms with van der Waals surface area (Å²) in [6.07, 6.45) is 1.56. The molecular formula is C17H15N5O3S. The van der Waals surface area contributed by atoms with Crippen molar-refractivity contribution in [2.75, 3.05) is 6.61 Å². The number of nitro benzene ring substituents is 1. The Hall–Kier alpha value is -3.33. The SMILES string of the molecule is CCOc1cccc(-c2n[nH]c(=S)n2N=Cc2ccc([N+](=O)[O-])cc2)c1. The number of aromatic amines is 1. The Morgan fingerprint density at radius 2 is 2.12 bits per heavy atom. The predicted molar refractivity (Wildman–Crippen MR) is 100 cm³/mol. The number of non-ortho nitro benzene ring substituents is 1. The first-order valence-corrected chi connectivity index (χ1v) is 8.19. The minimum atomic E-state index is -0.448. The monoisotopic (exact) mass is 369 g/mol. The van der Waals surface area contributed by atoms with Gasteiger partial charge in [-0.15, -0.1) is 0 Å². The molecule has 0 saturated heterocycles. The third-order valence-electron chi connectivity index (χ3n) is 3.48. The van der Waals surface area contributed by atoms with E-state index in [-0.39, 0.29) is 5.69 Å². The van der Waals surface area contributed by atoms with E-state index in [1.165, 1.54) is 16.8 Å². The Labute approximate surface area is 153 Å². The van der Waals surface area contributed by atoms with E-state index in [2.05, 4.69) is 15.3 Å². The van der Waals surface area contributed by atoms with Crippen molar-refractivity contribution in [1.29, 1.82) is 0 Å². The van der Waals surface area contributed by atoms with Gasteiger partial charge in [0.05, 0.1) is 17.7 Å². The molecule has 0 saturated carbocycles. The molecule has 0 aliphatic carbocycles. The summed E-state index contributed by atoms with van der Waals surface area (Å²) in [7, 11) is 0. The van der Waals surface area contributed by atoms with E-state index in [9.17, 15) is 10.1 Å². The van der Waals surface area contributed by atoms with E-state index in [1.54, 1.807) is 18.3 Å². The molecule has 0 unspecified atom stereocenters. The average molecular weight is 369 g/mol. The van der Waals surface area contributed by atoms with Crippen molar-refractivity contribution in [2.24, 2.45) is 5.10 Å². The summed E-state index contributed by atoms with van der Waals surface area (Å²) in [5.74, 6) is 1.26. The van der Waals surface area contributed by atoms with Gasteiger partial charge >= 0.3 is 0 Å². The third kappa shape index (κ3) is 3.83. The van der Waals surface area contributed by atoms with E-state index in [0.29, 0.717) is 22.8 Å². The summed E-state index contributed by atoms with van der Waals surface area (Å²) in [5, 5.41) is 22.0. The van der Waals surface area contributed by atoms with Gasteiger partial charge in [-0.25, -0.2) is 5.10 Å². The molecule has 0 amide bonds. The molecular weight excluding hydrogens is 354 g/mol. The van der Waals surface area contributed by atoms with Gasteiger partial charge in [0.1, 0.15) is 5.75 Å². The second-order valence-corrected chi connectivity index (χ2v) is 5.60. The molecule has 1 aromatic heterocycles. The number of aromatic nitrogens is 3. The number of rotatable bonds is 6. The average Bonchev–Trinajstić information content (AvgIpc) is 3.01.